The Hall–Kier alpha value is -1.13. The van der Waals surface area contributed by atoms with Crippen LogP contribution in [0.2, 0.25) is 0 Å². The number of hydrogen-bond acceptors (Lipinski definition) is 3. The summed E-state index contributed by atoms with van der Waals surface area (Å²) in [5.74, 6) is 0. The number of pyridine rings is 1. The van der Waals surface area contributed by atoms with Crippen molar-refractivity contribution in [2.75, 3.05) is 26.2 Å². The minimum absolute atomic E-state index is 0.121. The topological polar surface area (TPSA) is 37.3 Å². The largest absolute Gasteiger partial charge is 0.318 e. The Labute approximate surface area is 89.5 Å². The van der Waals surface area contributed by atoms with E-state index in [1.807, 2.05) is 12.1 Å². The van der Waals surface area contributed by atoms with Crippen LogP contribution in [0.3, 0.4) is 0 Å². The highest BCUT2D eigenvalue weighted by atomic mass is 16.1. The molecule has 4 heteroatoms. The van der Waals surface area contributed by atoms with Gasteiger partial charge in [-0.15, -0.1) is 0 Å². The van der Waals surface area contributed by atoms with E-state index >= 15 is 0 Å². The van der Waals surface area contributed by atoms with Crippen molar-refractivity contribution in [1.82, 2.24) is 14.8 Å². The lowest BCUT2D eigenvalue weighted by atomic mass is 10.2. The number of hydrogen-bond donors (Lipinski definition) is 1. The van der Waals surface area contributed by atoms with E-state index in [1.54, 1.807) is 17.8 Å². The van der Waals surface area contributed by atoms with E-state index in [2.05, 4.69) is 10.2 Å². The molecule has 0 bridgehead atoms. The third kappa shape index (κ3) is 2.46. The van der Waals surface area contributed by atoms with Crippen LogP contribution in [0.1, 0.15) is 5.56 Å². The average Bonchev–Trinajstić information content (AvgIpc) is 2.26. The highest BCUT2D eigenvalue weighted by Gasteiger charge is 2.11. The minimum atomic E-state index is 0.121. The number of nitrogens with zero attached hydrogens (tertiary/aromatic N) is 2. The second-order valence-corrected chi connectivity index (χ2v) is 3.98. The lowest BCUT2D eigenvalue weighted by molar-refractivity contribution is 0.232. The Morgan fingerprint density at radius 1 is 1.40 bits per heavy atom. The van der Waals surface area contributed by atoms with E-state index in [4.69, 9.17) is 0 Å². The fourth-order valence-electron chi connectivity index (χ4n) is 1.88. The van der Waals surface area contributed by atoms with Gasteiger partial charge in [0.05, 0.1) is 0 Å². The quantitative estimate of drug-likeness (QED) is 0.729. The lowest BCUT2D eigenvalue weighted by Crippen LogP contribution is -2.43. The molecule has 0 unspecified atom stereocenters. The molecule has 2 rings (SSSR count). The Morgan fingerprint density at radius 2 is 2.13 bits per heavy atom. The lowest BCUT2D eigenvalue weighted by Gasteiger charge is -2.26. The molecule has 2 heterocycles. The average molecular weight is 207 g/mol. The molecule has 15 heavy (non-hydrogen) atoms. The van der Waals surface area contributed by atoms with Gasteiger partial charge in [0.2, 0.25) is 0 Å². The van der Waals surface area contributed by atoms with Gasteiger partial charge in [0.1, 0.15) is 0 Å². The molecule has 0 spiro atoms. The first-order chi connectivity index (χ1) is 7.27. The zero-order chi connectivity index (χ0) is 10.7. The smallest absolute Gasteiger partial charge is 0.254 e. The van der Waals surface area contributed by atoms with Crippen molar-refractivity contribution >= 4 is 0 Å². The van der Waals surface area contributed by atoms with Gasteiger partial charge in [-0.25, -0.2) is 0 Å². The van der Waals surface area contributed by atoms with Crippen LogP contribution in [0.25, 0.3) is 0 Å². The summed E-state index contributed by atoms with van der Waals surface area (Å²) in [7, 11) is 1.80. The first-order valence-corrected chi connectivity index (χ1v) is 5.35. The van der Waals surface area contributed by atoms with E-state index in [-0.39, 0.29) is 5.56 Å². The Kier molecular flexibility index (Phi) is 3.18. The second-order valence-electron chi connectivity index (χ2n) is 3.98. The van der Waals surface area contributed by atoms with Crippen LogP contribution in [0.4, 0.5) is 0 Å². The third-order valence-corrected chi connectivity index (χ3v) is 2.81. The molecule has 0 amide bonds. The van der Waals surface area contributed by atoms with Crippen LogP contribution >= 0.6 is 0 Å². The maximum absolute atomic E-state index is 11.8. The summed E-state index contributed by atoms with van der Waals surface area (Å²) in [6.45, 7) is 4.87. The number of piperazine rings is 1. The summed E-state index contributed by atoms with van der Waals surface area (Å²) >= 11 is 0. The van der Waals surface area contributed by atoms with Crippen molar-refractivity contribution < 1.29 is 0 Å². The summed E-state index contributed by atoms with van der Waals surface area (Å²) in [6, 6.07) is 3.85. The van der Waals surface area contributed by atoms with Crippen LogP contribution in [0.5, 0.6) is 0 Å². The molecule has 1 aromatic rings. The molecular weight excluding hydrogens is 190 g/mol. The van der Waals surface area contributed by atoms with Crippen LogP contribution in [0.15, 0.2) is 23.1 Å². The standard InChI is InChI=1S/C11H17N3O/c1-13-6-2-3-10(11(13)15)9-14-7-4-12-5-8-14/h2-3,6,12H,4-5,7-9H2,1H3. The molecule has 1 aliphatic heterocycles. The van der Waals surface area contributed by atoms with Gasteiger partial charge < -0.3 is 9.88 Å². The predicted molar refractivity (Wildman–Crippen MR) is 59.8 cm³/mol. The summed E-state index contributed by atoms with van der Waals surface area (Å²) in [5.41, 5.74) is 1.01. The maximum Gasteiger partial charge on any atom is 0.254 e. The number of rotatable bonds is 2. The van der Waals surface area contributed by atoms with Crippen molar-refractivity contribution in [1.29, 1.82) is 0 Å². The fourth-order valence-corrected chi connectivity index (χ4v) is 1.88. The first kappa shape index (κ1) is 10.4. The van der Waals surface area contributed by atoms with Gasteiger partial charge in [-0.3, -0.25) is 9.69 Å². The molecule has 1 saturated heterocycles. The van der Waals surface area contributed by atoms with E-state index in [0.717, 1.165) is 38.3 Å². The number of aryl methyl sites for hydroxylation is 1. The van der Waals surface area contributed by atoms with Gasteiger partial charge in [-0.2, -0.15) is 0 Å². The van der Waals surface area contributed by atoms with Crippen molar-refractivity contribution in [3.63, 3.8) is 0 Å². The minimum Gasteiger partial charge on any atom is -0.318 e. The van der Waals surface area contributed by atoms with E-state index < -0.39 is 0 Å². The number of nitrogens with one attached hydrogen (secondary N) is 1. The highest BCUT2D eigenvalue weighted by molar-refractivity contribution is 5.10. The molecule has 1 aromatic heterocycles. The molecule has 0 aromatic carbocycles. The van der Waals surface area contributed by atoms with Gasteiger partial charge in [-0.1, -0.05) is 6.07 Å². The van der Waals surface area contributed by atoms with Crippen molar-refractivity contribution in [2.45, 2.75) is 6.54 Å². The fraction of sp³-hybridized carbons (Fsp3) is 0.545. The van der Waals surface area contributed by atoms with Crippen LogP contribution < -0.4 is 10.9 Å². The molecule has 0 saturated carbocycles. The first-order valence-electron chi connectivity index (χ1n) is 5.35. The second kappa shape index (κ2) is 4.59. The van der Waals surface area contributed by atoms with Gasteiger partial charge in [-0.05, 0) is 6.07 Å². The zero-order valence-electron chi connectivity index (χ0n) is 9.07. The molecule has 4 nitrogen and oxygen atoms in total. The summed E-state index contributed by atoms with van der Waals surface area (Å²) in [4.78, 5) is 14.1. The molecule has 0 atom stereocenters. The van der Waals surface area contributed by atoms with Crippen molar-refractivity contribution in [3.8, 4) is 0 Å². The van der Waals surface area contributed by atoms with E-state index in [0.29, 0.717) is 0 Å². The highest BCUT2D eigenvalue weighted by Crippen LogP contribution is 2.00. The molecule has 1 aliphatic rings. The van der Waals surface area contributed by atoms with Gasteiger partial charge >= 0.3 is 0 Å². The zero-order valence-corrected chi connectivity index (χ0v) is 9.07. The van der Waals surface area contributed by atoms with E-state index in [1.165, 1.54) is 0 Å². The predicted octanol–water partition coefficient (Wildman–Crippen LogP) is -0.209. The van der Waals surface area contributed by atoms with Gasteiger partial charge in [0.25, 0.3) is 5.56 Å². The maximum atomic E-state index is 11.8. The molecule has 0 radical (unpaired) electrons. The third-order valence-electron chi connectivity index (χ3n) is 2.81. The molecule has 1 N–H and O–H groups in total. The van der Waals surface area contributed by atoms with Gasteiger partial charge in [0, 0.05) is 51.5 Å². The van der Waals surface area contributed by atoms with Crippen LogP contribution in [0, 0.1) is 0 Å². The molecule has 82 valence electrons. The molecular formula is C11H17N3O. The van der Waals surface area contributed by atoms with Crippen LogP contribution in [-0.4, -0.2) is 35.6 Å². The number of aromatic nitrogens is 1. The summed E-state index contributed by atoms with van der Waals surface area (Å²) in [5, 5.41) is 3.30. The monoisotopic (exact) mass is 207 g/mol. The summed E-state index contributed by atoms with van der Waals surface area (Å²) in [6.07, 6.45) is 1.80. The molecule has 0 aliphatic carbocycles. The van der Waals surface area contributed by atoms with Crippen molar-refractivity contribution in [3.05, 3.63) is 34.2 Å². The van der Waals surface area contributed by atoms with Crippen molar-refractivity contribution in [2.24, 2.45) is 7.05 Å². The Balaban J connectivity index is 2.09. The Morgan fingerprint density at radius 3 is 2.87 bits per heavy atom. The molecule has 1 fully saturated rings. The SMILES string of the molecule is Cn1cccc(CN2CCNCC2)c1=O. The van der Waals surface area contributed by atoms with Gasteiger partial charge in [0.15, 0.2) is 0 Å². The van der Waals surface area contributed by atoms with Crippen LogP contribution in [-0.2, 0) is 13.6 Å². The normalized spacial score (nSPS) is 17.9. The Bertz CT molecular complexity index is 380. The summed E-state index contributed by atoms with van der Waals surface area (Å²) < 4.78 is 1.64. The van der Waals surface area contributed by atoms with E-state index in [9.17, 15) is 4.79 Å².